The molecule has 2 amide bonds. The summed E-state index contributed by atoms with van der Waals surface area (Å²) in [6.45, 7) is 4.70. The second-order valence-corrected chi connectivity index (χ2v) is 8.58. The quantitative estimate of drug-likeness (QED) is 0.674. The lowest BCUT2D eigenvalue weighted by molar-refractivity contribution is -0.143. The van der Waals surface area contributed by atoms with Gasteiger partial charge in [0.05, 0.1) is 11.4 Å². The van der Waals surface area contributed by atoms with Gasteiger partial charge in [0, 0.05) is 12.8 Å². The minimum Gasteiger partial charge on any atom is -0.476 e. The summed E-state index contributed by atoms with van der Waals surface area (Å²) in [5.74, 6) is -2.25. The van der Waals surface area contributed by atoms with Crippen molar-refractivity contribution in [3.8, 4) is 0 Å². The van der Waals surface area contributed by atoms with Crippen molar-refractivity contribution in [3.05, 3.63) is 10.6 Å². The normalized spacial score (nSPS) is 21.9. The number of alkyl carbamates (subject to hydrolysis) is 1. The van der Waals surface area contributed by atoms with Gasteiger partial charge >= 0.3 is 12.1 Å². The molecule has 0 unspecified atom stereocenters. The Morgan fingerprint density at radius 2 is 1.92 bits per heavy atom. The van der Waals surface area contributed by atoms with Crippen LogP contribution in [0.2, 0.25) is 0 Å². The number of carboxylic acids is 1. The zero-order valence-electron chi connectivity index (χ0n) is 13.7. The third-order valence-electron chi connectivity index (χ3n) is 3.33. The summed E-state index contributed by atoms with van der Waals surface area (Å²) in [5, 5.41) is 13.7. The van der Waals surface area contributed by atoms with E-state index in [1.54, 1.807) is 20.8 Å². The average Bonchev–Trinajstić information content (AvgIpc) is 2.85. The third-order valence-corrected chi connectivity index (χ3v) is 4.54. The van der Waals surface area contributed by atoms with Gasteiger partial charge in [0.2, 0.25) is 0 Å². The second kappa shape index (κ2) is 5.74. The van der Waals surface area contributed by atoms with Gasteiger partial charge in [-0.25, -0.2) is 28.0 Å². The molecule has 0 aromatic rings. The number of carbonyl (C=O) groups is 3. The number of hydrazine groups is 1. The van der Waals surface area contributed by atoms with Crippen LogP contribution in [0.1, 0.15) is 20.8 Å². The number of ether oxygens (including phenoxy) is 1. The van der Waals surface area contributed by atoms with E-state index in [4.69, 9.17) is 4.74 Å². The van der Waals surface area contributed by atoms with Gasteiger partial charge in [-0.3, -0.25) is 4.79 Å². The summed E-state index contributed by atoms with van der Waals surface area (Å²) in [7, 11) is -3.78. The fourth-order valence-electron chi connectivity index (χ4n) is 2.46. The Kier molecular flexibility index (Phi) is 4.35. The molecule has 0 aromatic carbocycles. The molecule has 0 aromatic heterocycles. The highest BCUT2D eigenvalue weighted by atomic mass is 32.2. The number of nitrogens with zero attached hydrogens (tertiary/aromatic N) is 2. The van der Waals surface area contributed by atoms with Gasteiger partial charge in [-0.2, -0.15) is 0 Å². The summed E-state index contributed by atoms with van der Waals surface area (Å²) in [4.78, 5) is 35.2. The molecule has 0 aliphatic carbocycles. The number of aliphatic carboxylic acids is 1. The number of nitrogens with one attached hydrogen (secondary N) is 1. The SMILES string of the molecule is CC(C)(C)OC(=O)N[C@H]1CN2CC(S(C)(=O)=O)=C(C(=O)O)N2C1=O. The highest BCUT2D eigenvalue weighted by Gasteiger charge is 2.50. The molecule has 134 valence electrons. The maximum atomic E-state index is 12.4. The zero-order valence-corrected chi connectivity index (χ0v) is 14.5. The Bertz CT molecular complexity index is 735. The Balaban J connectivity index is 2.22. The predicted molar refractivity (Wildman–Crippen MR) is 81.1 cm³/mol. The van der Waals surface area contributed by atoms with Crippen LogP contribution < -0.4 is 5.32 Å². The predicted octanol–water partition coefficient (Wildman–Crippen LogP) is -0.707. The summed E-state index contributed by atoms with van der Waals surface area (Å²) >= 11 is 0. The molecule has 11 heteroatoms. The number of hydrogen-bond acceptors (Lipinski definition) is 7. The van der Waals surface area contributed by atoms with E-state index in [1.807, 2.05) is 0 Å². The number of rotatable bonds is 3. The monoisotopic (exact) mass is 361 g/mol. The van der Waals surface area contributed by atoms with E-state index in [2.05, 4.69) is 5.32 Å². The van der Waals surface area contributed by atoms with E-state index < -0.39 is 45.1 Å². The third kappa shape index (κ3) is 3.51. The lowest BCUT2D eigenvalue weighted by Crippen LogP contribution is -2.45. The molecule has 24 heavy (non-hydrogen) atoms. The van der Waals surface area contributed by atoms with E-state index in [9.17, 15) is 27.9 Å². The Labute approximate surface area is 138 Å². The highest BCUT2D eigenvalue weighted by Crippen LogP contribution is 2.31. The largest absolute Gasteiger partial charge is 0.476 e. The van der Waals surface area contributed by atoms with E-state index in [-0.39, 0.29) is 18.0 Å². The van der Waals surface area contributed by atoms with Gasteiger partial charge in [0.1, 0.15) is 11.6 Å². The molecule has 2 aliphatic rings. The van der Waals surface area contributed by atoms with Crippen LogP contribution in [0.5, 0.6) is 0 Å². The van der Waals surface area contributed by atoms with Crippen LogP contribution in [-0.2, 0) is 24.2 Å². The lowest BCUT2D eigenvalue weighted by atomic mass is 10.2. The number of carboxylic acid groups (broad SMARTS) is 1. The fraction of sp³-hybridized carbons (Fsp3) is 0.615. The molecule has 0 spiro atoms. The molecule has 1 atom stereocenters. The smallest absolute Gasteiger partial charge is 0.408 e. The van der Waals surface area contributed by atoms with E-state index in [1.165, 1.54) is 5.01 Å². The molecule has 2 N–H and O–H groups in total. The number of carbonyl (C=O) groups excluding carboxylic acids is 2. The standard InChI is InChI=1S/C13H19N3O7S/c1-13(2,3)23-12(20)14-7-5-15-6-8(24(4,21)22)9(11(18)19)16(15)10(7)17/h7H,5-6H2,1-4H3,(H,14,20)(H,18,19)/t7-/m0/s1. The number of fused-ring (bicyclic) bond motifs is 1. The van der Waals surface area contributed by atoms with Crippen LogP contribution in [0, 0.1) is 0 Å². The van der Waals surface area contributed by atoms with Crippen LogP contribution in [-0.4, -0.2) is 72.5 Å². The molecule has 1 saturated heterocycles. The van der Waals surface area contributed by atoms with Gasteiger partial charge in [-0.1, -0.05) is 0 Å². The number of sulfone groups is 1. The Morgan fingerprint density at radius 3 is 2.38 bits per heavy atom. The first-order chi connectivity index (χ1) is 10.8. The first-order valence-electron chi connectivity index (χ1n) is 7.06. The first-order valence-corrected chi connectivity index (χ1v) is 8.95. The molecule has 2 heterocycles. The van der Waals surface area contributed by atoms with Gasteiger partial charge < -0.3 is 15.2 Å². The second-order valence-electron chi connectivity index (χ2n) is 6.55. The van der Waals surface area contributed by atoms with Gasteiger partial charge in [0.15, 0.2) is 15.5 Å². The maximum Gasteiger partial charge on any atom is 0.408 e. The number of amides is 2. The summed E-state index contributed by atoms with van der Waals surface area (Å²) < 4.78 is 28.5. The van der Waals surface area contributed by atoms with Crippen LogP contribution in [0.15, 0.2) is 10.6 Å². The molecule has 1 fully saturated rings. The van der Waals surface area contributed by atoms with Gasteiger partial charge in [0.25, 0.3) is 5.91 Å². The van der Waals surface area contributed by atoms with Crippen LogP contribution in [0.4, 0.5) is 4.79 Å². The number of hydrogen-bond donors (Lipinski definition) is 2. The molecule has 2 aliphatic heterocycles. The van der Waals surface area contributed by atoms with Crippen molar-refractivity contribution in [1.82, 2.24) is 15.3 Å². The van der Waals surface area contributed by atoms with Crippen LogP contribution in [0.25, 0.3) is 0 Å². The van der Waals surface area contributed by atoms with Crippen molar-refractivity contribution in [2.24, 2.45) is 0 Å². The van der Waals surface area contributed by atoms with Crippen molar-refractivity contribution in [2.75, 3.05) is 19.3 Å². The Hall–Kier alpha value is -2.14. The molecule has 0 radical (unpaired) electrons. The fourth-order valence-corrected chi connectivity index (χ4v) is 3.37. The van der Waals surface area contributed by atoms with Crippen LogP contribution in [0.3, 0.4) is 0 Å². The van der Waals surface area contributed by atoms with Crippen molar-refractivity contribution >= 4 is 27.8 Å². The van der Waals surface area contributed by atoms with E-state index >= 15 is 0 Å². The van der Waals surface area contributed by atoms with Gasteiger partial charge in [-0.15, -0.1) is 0 Å². The Morgan fingerprint density at radius 1 is 1.33 bits per heavy atom. The molecule has 10 nitrogen and oxygen atoms in total. The van der Waals surface area contributed by atoms with Crippen molar-refractivity contribution in [3.63, 3.8) is 0 Å². The minimum atomic E-state index is -3.78. The summed E-state index contributed by atoms with van der Waals surface area (Å²) in [5.41, 5.74) is -1.35. The molecular formula is C13H19N3O7S. The molecular weight excluding hydrogens is 342 g/mol. The first kappa shape index (κ1) is 18.2. The average molecular weight is 361 g/mol. The van der Waals surface area contributed by atoms with Gasteiger partial charge in [-0.05, 0) is 20.8 Å². The van der Waals surface area contributed by atoms with Crippen LogP contribution >= 0.6 is 0 Å². The zero-order chi connectivity index (χ0) is 18.4. The van der Waals surface area contributed by atoms with E-state index in [0.717, 1.165) is 11.3 Å². The highest BCUT2D eigenvalue weighted by molar-refractivity contribution is 7.94. The van der Waals surface area contributed by atoms with Crippen molar-refractivity contribution in [1.29, 1.82) is 0 Å². The lowest BCUT2D eigenvalue weighted by Gasteiger charge is -2.21. The molecule has 2 rings (SSSR count). The van der Waals surface area contributed by atoms with E-state index in [0.29, 0.717) is 0 Å². The molecule has 0 saturated carbocycles. The van der Waals surface area contributed by atoms with Crippen molar-refractivity contribution in [2.45, 2.75) is 32.4 Å². The molecule has 0 bridgehead atoms. The summed E-state index contributed by atoms with van der Waals surface area (Å²) in [6.07, 6.45) is 0.0718. The summed E-state index contributed by atoms with van der Waals surface area (Å²) in [6, 6.07) is -1.02. The minimum absolute atomic E-state index is 0.0477. The van der Waals surface area contributed by atoms with Crippen molar-refractivity contribution < 1.29 is 32.6 Å². The topological polar surface area (TPSA) is 133 Å². The maximum absolute atomic E-state index is 12.4.